The highest BCUT2D eigenvalue weighted by atomic mass is 16.1. The average molecular weight is 160 g/mol. The molecule has 0 spiro atoms. The van der Waals surface area contributed by atoms with Crippen LogP contribution in [0.25, 0.3) is 0 Å². The second-order valence-electron chi connectivity index (χ2n) is 2.65. The maximum Gasteiger partial charge on any atom is 0.234 e. The molecule has 0 saturated heterocycles. The van der Waals surface area contributed by atoms with E-state index in [-0.39, 0.29) is 0 Å². The van der Waals surface area contributed by atoms with Crippen LogP contribution in [-0.4, -0.2) is 12.6 Å². The van der Waals surface area contributed by atoms with Crippen molar-refractivity contribution in [3.63, 3.8) is 0 Å². The van der Waals surface area contributed by atoms with Crippen molar-refractivity contribution in [1.29, 1.82) is 0 Å². The summed E-state index contributed by atoms with van der Waals surface area (Å²) in [5.74, 6) is 0. The summed E-state index contributed by atoms with van der Waals surface area (Å²) in [6.45, 7) is 3.53. The molecule has 0 aliphatic rings. The molecule has 1 aromatic rings. The minimum Gasteiger partial charge on any atom is -0.285 e. The molecular formula is C10H8O2. The lowest BCUT2D eigenvalue weighted by atomic mass is 9.99. The molecule has 0 saturated carbocycles. The van der Waals surface area contributed by atoms with Crippen LogP contribution >= 0.6 is 0 Å². The summed E-state index contributed by atoms with van der Waals surface area (Å²) < 4.78 is 0. The van der Waals surface area contributed by atoms with Crippen LogP contribution in [0.4, 0.5) is 0 Å². The number of rotatable bonds is 2. The van der Waals surface area contributed by atoms with Gasteiger partial charge in [-0.2, -0.15) is 0 Å². The molecule has 0 atom stereocenters. The Morgan fingerprint density at radius 1 is 0.917 bits per heavy atom. The van der Waals surface area contributed by atoms with Gasteiger partial charge in [0.25, 0.3) is 0 Å². The van der Waals surface area contributed by atoms with Gasteiger partial charge in [0.15, 0.2) is 0 Å². The molecule has 0 unspecified atom stereocenters. The summed E-state index contributed by atoms with van der Waals surface area (Å²) in [6.07, 6.45) is 3.49. The van der Waals surface area contributed by atoms with Gasteiger partial charge >= 0.3 is 0 Å². The molecule has 0 heterocycles. The van der Waals surface area contributed by atoms with Crippen molar-refractivity contribution in [3.8, 4) is 0 Å². The van der Waals surface area contributed by atoms with Gasteiger partial charge in [0, 0.05) is 11.1 Å². The molecule has 2 nitrogen and oxygen atoms in total. The van der Waals surface area contributed by atoms with Crippen molar-refractivity contribution in [2.24, 2.45) is 0 Å². The second-order valence-corrected chi connectivity index (χ2v) is 2.65. The summed E-state index contributed by atoms with van der Waals surface area (Å²) in [5.41, 5.74) is 2.16. The monoisotopic (exact) mass is 160 g/mol. The van der Waals surface area contributed by atoms with Crippen molar-refractivity contribution in [3.05, 3.63) is 34.4 Å². The fraction of sp³-hybridized carbons (Fsp3) is 0.200. The summed E-state index contributed by atoms with van der Waals surface area (Å²) in [4.78, 5) is 20.9. The second kappa shape index (κ2) is 3.30. The third kappa shape index (κ3) is 1.28. The van der Waals surface area contributed by atoms with E-state index in [9.17, 15) is 9.59 Å². The molecule has 2 radical (unpaired) electrons. The zero-order valence-corrected chi connectivity index (χ0v) is 6.97. The van der Waals surface area contributed by atoms with Crippen molar-refractivity contribution < 1.29 is 9.59 Å². The van der Waals surface area contributed by atoms with Gasteiger partial charge in [-0.1, -0.05) is 12.1 Å². The lowest BCUT2D eigenvalue weighted by Crippen LogP contribution is -1.97. The van der Waals surface area contributed by atoms with E-state index in [1.165, 1.54) is 0 Å². The Morgan fingerprint density at radius 2 is 1.25 bits per heavy atom. The van der Waals surface area contributed by atoms with Crippen LogP contribution in [0.15, 0.2) is 12.1 Å². The number of carbonyl (C=O) groups excluding carboxylic acids is 2. The van der Waals surface area contributed by atoms with E-state index in [0.29, 0.717) is 11.1 Å². The molecule has 1 aromatic carbocycles. The van der Waals surface area contributed by atoms with E-state index in [1.807, 2.05) is 0 Å². The molecule has 1 rings (SSSR count). The van der Waals surface area contributed by atoms with Crippen molar-refractivity contribution in [1.82, 2.24) is 0 Å². The molecule has 0 aromatic heterocycles. The number of hydrogen-bond acceptors (Lipinski definition) is 2. The van der Waals surface area contributed by atoms with Crippen molar-refractivity contribution in [2.75, 3.05) is 0 Å². The first-order valence-corrected chi connectivity index (χ1v) is 3.57. The Morgan fingerprint density at radius 3 is 1.50 bits per heavy atom. The van der Waals surface area contributed by atoms with Crippen LogP contribution in [-0.2, 0) is 9.59 Å². The quantitative estimate of drug-likeness (QED) is 0.651. The van der Waals surface area contributed by atoms with E-state index in [4.69, 9.17) is 0 Å². The van der Waals surface area contributed by atoms with Crippen LogP contribution in [0.2, 0.25) is 0 Å². The van der Waals surface area contributed by atoms with Gasteiger partial charge in [0.05, 0.1) is 0 Å². The third-order valence-electron chi connectivity index (χ3n) is 1.83. The maximum absolute atomic E-state index is 10.5. The fourth-order valence-electron chi connectivity index (χ4n) is 1.07. The van der Waals surface area contributed by atoms with Gasteiger partial charge in [-0.15, -0.1) is 0 Å². The summed E-state index contributed by atoms with van der Waals surface area (Å²) in [6, 6.07) is 3.58. The van der Waals surface area contributed by atoms with Gasteiger partial charge in [-0.3, -0.25) is 9.59 Å². The number of aryl methyl sites for hydroxylation is 2. The maximum atomic E-state index is 10.5. The highest BCUT2D eigenvalue weighted by molar-refractivity contribution is 5.93. The SMILES string of the molecule is Cc1ccc(C)c([C]=O)c1[C]=O. The normalized spacial score (nSPS) is 9.50. The van der Waals surface area contributed by atoms with Crippen LogP contribution < -0.4 is 0 Å². The fourth-order valence-corrected chi connectivity index (χ4v) is 1.07. The van der Waals surface area contributed by atoms with E-state index in [0.717, 1.165) is 11.1 Å². The molecule has 12 heavy (non-hydrogen) atoms. The molecule has 0 N–H and O–H groups in total. The minimum absolute atomic E-state index is 0.324. The van der Waals surface area contributed by atoms with E-state index in [1.54, 1.807) is 38.6 Å². The summed E-state index contributed by atoms with van der Waals surface area (Å²) in [5, 5.41) is 0. The third-order valence-corrected chi connectivity index (χ3v) is 1.83. The molecular weight excluding hydrogens is 152 g/mol. The highest BCUT2D eigenvalue weighted by Gasteiger charge is 2.07. The van der Waals surface area contributed by atoms with Gasteiger partial charge in [0.2, 0.25) is 12.6 Å². The lowest BCUT2D eigenvalue weighted by Gasteiger charge is -2.02. The average Bonchev–Trinajstić information content (AvgIpc) is 2.08. The first-order chi connectivity index (χ1) is 5.70. The predicted molar refractivity (Wildman–Crippen MR) is 45.5 cm³/mol. The van der Waals surface area contributed by atoms with E-state index >= 15 is 0 Å². The Labute approximate surface area is 71.2 Å². The summed E-state index contributed by atoms with van der Waals surface area (Å²) in [7, 11) is 0. The van der Waals surface area contributed by atoms with Crippen molar-refractivity contribution >= 4 is 12.6 Å². The molecule has 0 aliphatic carbocycles. The number of benzene rings is 1. The lowest BCUT2D eigenvalue weighted by molar-refractivity contribution is 0.558. The van der Waals surface area contributed by atoms with Gasteiger partial charge < -0.3 is 0 Å². The zero-order valence-electron chi connectivity index (χ0n) is 6.97. The molecule has 0 aliphatic heterocycles. The first kappa shape index (κ1) is 8.65. The molecule has 0 amide bonds. The van der Waals surface area contributed by atoms with Crippen LogP contribution in [0, 0.1) is 13.8 Å². The number of hydrogen-bond donors (Lipinski definition) is 0. The van der Waals surface area contributed by atoms with Crippen LogP contribution in [0.3, 0.4) is 0 Å². The van der Waals surface area contributed by atoms with Crippen LogP contribution in [0.1, 0.15) is 22.3 Å². The standard InChI is InChI=1S/C10H8O2/c1-7-3-4-8(2)10(6-12)9(7)5-11/h3-4H,1-2H3. The minimum atomic E-state index is 0.324. The highest BCUT2D eigenvalue weighted by Crippen LogP contribution is 2.14. The first-order valence-electron chi connectivity index (χ1n) is 3.57. The van der Waals surface area contributed by atoms with Crippen molar-refractivity contribution in [2.45, 2.75) is 13.8 Å². The Kier molecular flexibility index (Phi) is 2.38. The van der Waals surface area contributed by atoms with Crippen LogP contribution in [0.5, 0.6) is 0 Å². The zero-order chi connectivity index (χ0) is 9.14. The molecule has 0 bridgehead atoms. The van der Waals surface area contributed by atoms with Gasteiger partial charge in [-0.05, 0) is 25.0 Å². The smallest absolute Gasteiger partial charge is 0.234 e. The predicted octanol–water partition coefficient (Wildman–Crippen LogP) is 1.22. The van der Waals surface area contributed by atoms with E-state index < -0.39 is 0 Å². The Bertz CT molecular complexity index is 294. The largest absolute Gasteiger partial charge is 0.285 e. The molecule has 60 valence electrons. The Hall–Kier alpha value is -1.44. The van der Waals surface area contributed by atoms with E-state index in [2.05, 4.69) is 0 Å². The summed E-state index contributed by atoms with van der Waals surface area (Å²) >= 11 is 0. The van der Waals surface area contributed by atoms with Gasteiger partial charge in [0.1, 0.15) is 0 Å². The molecule has 2 heteroatoms. The molecule has 0 fully saturated rings. The van der Waals surface area contributed by atoms with Gasteiger partial charge in [-0.25, -0.2) is 0 Å². The topological polar surface area (TPSA) is 34.1 Å². The Balaban J connectivity index is 3.48.